The first-order chi connectivity index (χ1) is 18.0. The first-order valence-electron chi connectivity index (χ1n) is 12.1. The van der Waals surface area contributed by atoms with Crippen molar-refractivity contribution in [2.75, 3.05) is 16.0 Å². The van der Waals surface area contributed by atoms with Gasteiger partial charge in [-0.25, -0.2) is 4.98 Å². The van der Waals surface area contributed by atoms with E-state index < -0.39 is 0 Å². The quantitative estimate of drug-likeness (QED) is 0.263. The topological polar surface area (TPSA) is 83.9 Å². The molecule has 3 N–H and O–H groups in total. The van der Waals surface area contributed by atoms with E-state index in [1.807, 2.05) is 55.7 Å². The fourth-order valence-corrected chi connectivity index (χ4v) is 4.94. The van der Waals surface area contributed by atoms with Gasteiger partial charge in [-0.15, -0.1) is 0 Å². The molecule has 0 fully saturated rings. The third-order valence-electron chi connectivity index (χ3n) is 6.58. The highest BCUT2D eigenvalue weighted by molar-refractivity contribution is 6.32. The van der Waals surface area contributed by atoms with E-state index in [0.29, 0.717) is 23.2 Å². The van der Waals surface area contributed by atoms with E-state index >= 15 is 0 Å². The van der Waals surface area contributed by atoms with Gasteiger partial charge in [0.25, 0.3) is 0 Å². The SMILES string of the molecule is Cn1cc(CC(=O)Nc2ccc3cc2CCc2cccc(c2)Nc2ncc(Cl)c(n2)N3)c2ccccc21. The van der Waals surface area contributed by atoms with Crippen molar-refractivity contribution in [1.82, 2.24) is 14.5 Å². The van der Waals surface area contributed by atoms with E-state index in [1.165, 1.54) is 5.56 Å². The first kappa shape index (κ1) is 23.1. The molecule has 0 radical (unpaired) electrons. The molecule has 3 heterocycles. The van der Waals surface area contributed by atoms with Crippen LogP contribution < -0.4 is 16.0 Å². The molecule has 0 atom stereocenters. The fraction of sp³-hybridized carbons (Fsp3) is 0.138. The average molecular weight is 509 g/mol. The molecule has 1 aliphatic heterocycles. The van der Waals surface area contributed by atoms with Crippen LogP contribution in [0.2, 0.25) is 5.02 Å². The smallest absolute Gasteiger partial charge is 0.229 e. The van der Waals surface area contributed by atoms with Crippen LogP contribution in [0.4, 0.5) is 28.8 Å². The molecule has 6 rings (SSSR count). The minimum atomic E-state index is -0.0501. The Balaban J connectivity index is 1.31. The van der Waals surface area contributed by atoms with Crippen molar-refractivity contribution in [3.05, 3.63) is 101 Å². The number of aryl methyl sites for hydroxylation is 3. The van der Waals surface area contributed by atoms with Gasteiger partial charge in [0.15, 0.2) is 5.82 Å². The molecule has 5 aromatic rings. The number of hydrogen-bond donors (Lipinski definition) is 3. The van der Waals surface area contributed by atoms with Crippen LogP contribution in [0.3, 0.4) is 0 Å². The van der Waals surface area contributed by atoms with Crippen LogP contribution in [0, 0.1) is 0 Å². The highest BCUT2D eigenvalue weighted by atomic mass is 35.5. The fourth-order valence-electron chi connectivity index (χ4n) is 4.80. The molecule has 0 aliphatic carbocycles. The summed E-state index contributed by atoms with van der Waals surface area (Å²) in [7, 11) is 2.00. The predicted octanol–water partition coefficient (Wildman–Crippen LogP) is 6.39. The van der Waals surface area contributed by atoms with Crippen molar-refractivity contribution >= 4 is 57.2 Å². The Morgan fingerprint density at radius 3 is 2.81 bits per heavy atom. The lowest BCUT2D eigenvalue weighted by atomic mass is 10.0. The van der Waals surface area contributed by atoms with Crippen LogP contribution in [-0.4, -0.2) is 20.4 Å². The molecule has 0 saturated heterocycles. The number of anilines is 5. The van der Waals surface area contributed by atoms with Crippen LogP contribution >= 0.6 is 11.6 Å². The lowest BCUT2D eigenvalue weighted by Crippen LogP contribution is -2.16. The molecule has 0 spiro atoms. The highest BCUT2D eigenvalue weighted by Crippen LogP contribution is 2.30. The van der Waals surface area contributed by atoms with Crippen molar-refractivity contribution in [3.63, 3.8) is 0 Å². The number of halogens is 1. The number of benzene rings is 3. The van der Waals surface area contributed by atoms with Gasteiger partial charge in [0.2, 0.25) is 11.9 Å². The number of hydrogen-bond acceptors (Lipinski definition) is 5. The molecular formula is C29H25ClN6O. The molecule has 1 amide bonds. The van der Waals surface area contributed by atoms with Crippen molar-refractivity contribution in [2.45, 2.75) is 19.3 Å². The lowest BCUT2D eigenvalue weighted by molar-refractivity contribution is -0.115. The number of para-hydroxylation sites is 1. The Morgan fingerprint density at radius 1 is 1.03 bits per heavy atom. The average Bonchev–Trinajstić information content (AvgIpc) is 3.21. The van der Waals surface area contributed by atoms with Crippen molar-refractivity contribution in [3.8, 4) is 0 Å². The van der Waals surface area contributed by atoms with Crippen molar-refractivity contribution in [1.29, 1.82) is 0 Å². The first-order valence-corrected chi connectivity index (χ1v) is 12.5. The van der Waals surface area contributed by atoms with Gasteiger partial charge in [-0.3, -0.25) is 4.79 Å². The molecule has 6 bridgehead atoms. The third kappa shape index (κ3) is 4.86. The summed E-state index contributed by atoms with van der Waals surface area (Å²) in [5.41, 5.74) is 6.85. The minimum absolute atomic E-state index is 0.0501. The van der Waals surface area contributed by atoms with Gasteiger partial charge >= 0.3 is 0 Å². The maximum Gasteiger partial charge on any atom is 0.229 e. The molecule has 37 heavy (non-hydrogen) atoms. The standard InChI is InChI=1S/C29H25ClN6O/c1-36-17-20(23-7-2-3-8-26(23)36)15-27(37)34-25-12-11-22-14-19(25)10-9-18-5-4-6-21(13-18)33-29-31-16-24(30)28(32-22)35-29/h2-8,11-14,16-17H,9-10,15H2,1H3,(H,34,37)(H2,31,32,33,35). The van der Waals surface area contributed by atoms with E-state index in [1.54, 1.807) is 6.20 Å². The summed E-state index contributed by atoms with van der Waals surface area (Å²) in [4.78, 5) is 22.0. The summed E-state index contributed by atoms with van der Waals surface area (Å²) in [5.74, 6) is 0.917. The van der Waals surface area contributed by atoms with Crippen LogP contribution in [0.5, 0.6) is 0 Å². The third-order valence-corrected chi connectivity index (χ3v) is 6.86. The highest BCUT2D eigenvalue weighted by Gasteiger charge is 2.15. The predicted molar refractivity (Wildman–Crippen MR) is 149 cm³/mol. The molecule has 184 valence electrons. The number of carbonyl (C=O) groups excluding carboxylic acids is 1. The zero-order chi connectivity index (χ0) is 25.4. The molecule has 3 aromatic carbocycles. The van der Waals surface area contributed by atoms with Gasteiger partial charge in [0.05, 0.1) is 12.6 Å². The number of aromatic nitrogens is 3. The van der Waals surface area contributed by atoms with E-state index in [2.05, 4.69) is 54.8 Å². The summed E-state index contributed by atoms with van der Waals surface area (Å²) >= 11 is 6.38. The molecule has 7 nitrogen and oxygen atoms in total. The van der Waals surface area contributed by atoms with Crippen LogP contribution in [-0.2, 0) is 31.1 Å². The van der Waals surface area contributed by atoms with E-state index in [4.69, 9.17) is 11.6 Å². The van der Waals surface area contributed by atoms with Gasteiger partial charge in [-0.2, -0.15) is 4.98 Å². The maximum absolute atomic E-state index is 13.2. The van der Waals surface area contributed by atoms with Crippen molar-refractivity contribution < 1.29 is 4.79 Å². The lowest BCUT2D eigenvalue weighted by Gasteiger charge is -2.15. The second-order valence-electron chi connectivity index (χ2n) is 9.22. The van der Waals surface area contributed by atoms with E-state index in [9.17, 15) is 4.79 Å². The summed E-state index contributed by atoms with van der Waals surface area (Å²) in [6.07, 6.45) is 5.46. The Kier molecular flexibility index (Phi) is 5.98. The molecule has 8 heteroatoms. The van der Waals surface area contributed by atoms with Crippen LogP contribution in [0.15, 0.2) is 79.1 Å². The van der Waals surface area contributed by atoms with E-state index in [0.717, 1.165) is 51.9 Å². The number of nitrogens with one attached hydrogen (secondary N) is 3. The Bertz CT molecular complexity index is 1640. The molecule has 0 unspecified atom stereocenters. The summed E-state index contributed by atoms with van der Waals surface area (Å²) < 4.78 is 2.06. The van der Waals surface area contributed by atoms with Crippen LogP contribution in [0.1, 0.15) is 16.7 Å². The number of rotatable bonds is 3. The monoisotopic (exact) mass is 508 g/mol. The Hall–Kier alpha value is -4.36. The molecular weight excluding hydrogens is 484 g/mol. The second-order valence-corrected chi connectivity index (χ2v) is 9.63. The Labute approximate surface area is 219 Å². The van der Waals surface area contributed by atoms with Crippen LogP contribution in [0.25, 0.3) is 10.9 Å². The number of amides is 1. The zero-order valence-corrected chi connectivity index (χ0v) is 21.0. The second kappa shape index (κ2) is 9.59. The number of carbonyl (C=O) groups is 1. The minimum Gasteiger partial charge on any atom is -0.350 e. The van der Waals surface area contributed by atoms with Gasteiger partial charge in [0.1, 0.15) is 5.02 Å². The van der Waals surface area contributed by atoms with Gasteiger partial charge in [-0.05, 0) is 65.9 Å². The summed E-state index contributed by atoms with van der Waals surface area (Å²) in [6, 6.07) is 22.2. The van der Waals surface area contributed by atoms with Crippen molar-refractivity contribution in [2.24, 2.45) is 7.05 Å². The normalized spacial score (nSPS) is 12.5. The van der Waals surface area contributed by atoms with Gasteiger partial charge in [0, 0.05) is 41.2 Å². The maximum atomic E-state index is 13.2. The largest absolute Gasteiger partial charge is 0.350 e. The number of fused-ring (bicyclic) bond motifs is 7. The van der Waals surface area contributed by atoms with Gasteiger partial charge < -0.3 is 20.5 Å². The molecule has 2 aromatic heterocycles. The number of nitrogens with zero attached hydrogens (tertiary/aromatic N) is 3. The molecule has 1 aliphatic rings. The van der Waals surface area contributed by atoms with E-state index in [-0.39, 0.29) is 5.91 Å². The summed E-state index contributed by atoms with van der Waals surface area (Å²) in [5, 5.41) is 11.2. The Morgan fingerprint density at radius 2 is 1.89 bits per heavy atom. The molecule has 0 saturated carbocycles. The zero-order valence-electron chi connectivity index (χ0n) is 20.3. The summed E-state index contributed by atoms with van der Waals surface area (Å²) in [6.45, 7) is 0. The van der Waals surface area contributed by atoms with Gasteiger partial charge in [-0.1, -0.05) is 41.9 Å².